The van der Waals surface area contributed by atoms with Crippen LogP contribution in [0, 0.1) is 13.8 Å². The van der Waals surface area contributed by atoms with Gasteiger partial charge in [-0.15, -0.1) is 11.8 Å². The van der Waals surface area contributed by atoms with Crippen molar-refractivity contribution in [3.63, 3.8) is 0 Å². The second kappa shape index (κ2) is 9.25. The van der Waals surface area contributed by atoms with Gasteiger partial charge >= 0.3 is 0 Å². The highest BCUT2D eigenvalue weighted by atomic mass is 79.9. The molecule has 0 radical (unpaired) electrons. The molecule has 0 atom stereocenters. The van der Waals surface area contributed by atoms with E-state index in [1.807, 2.05) is 32.0 Å². The minimum absolute atomic E-state index is 0.184. The fraction of sp³-hybridized carbons (Fsp3) is 0.250. The maximum Gasteiger partial charge on any atom is 0.254 e. The van der Waals surface area contributed by atoms with Crippen molar-refractivity contribution < 1.29 is 14.1 Å². The second-order valence-corrected chi connectivity index (χ2v) is 7.97. The molecule has 2 aromatic heterocycles. The number of amides is 1. The third-order valence-electron chi connectivity index (χ3n) is 4.23. The zero-order valence-electron chi connectivity index (χ0n) is 15.8. The predicted molar refractivity (Wildman–Crippen MR) is 112 cm³/mol. The molecule has 1 amide bonds. The van der Waals surface area contributed by atoms with Gasteiger partial charge in [-0.3, -0.25) is 4.79 Å². The highest BCUT2D eigenvalue weighted by Gasteiger charge is 2.16. The minimum Gasteiger partial charge on any atom is -0.496 e. The molecular formula is C20H20BrN3O3S. The predicted octanol–water partition coefficient (Wildman–Crippen LogP) is 4.68. The monoisotopic (exact) mass is 461 g/mol. The van der Waals surface area contributed by atoms with Gasteiger partial charge in [0.05, 0.1) is 18.4 Å². The van der Waals surface area contributed by atoms with Crippen molar-refractivity contribution in [1.82, 2.24) is 15.5 Å². The van der Waals surface area contributed by atoms with Crippen LogP contribution in [0.4, 0.5) is 0 Å². The quantitative estimate of drug-likeness (QED) is 0.514. The molecule has 0 saturated heterocycles. The third-order valence-corrected chi connectivity index (χ3v) is 5.76. The summed E-state index contributed by atoms with van der Waals surface area (Å²) in [7, 11) is 1.61. The van der Waals surface area contributed by atoms with E-state index in [-0.39, 0.29) is 5.91 Å². The summed E-state index contributed by atoms with van der Waals surface area (Å²) < 4.78 is 11.5. The van der Waals surface area contributed by atoms with E-state index in [0.29, 0.717) is 22.9 Å². The lowest BCUT2D eigenvalue weighted by Gasteiger charge is -2.12. The van der Waals surface area contributed by atoms with Gasteiger partial charge in [-0.05, 0) is 44.2 Å². The van der Waals surface area contributed by atoms with Crippen molar-refractivity contribution >= 4 is 33.6 Å². The van der Waals surface area contributed by atoms with Crippen LogP contribution in [0.1, 0.15) is 32.9 Å². The van der Waals surface area contributed by atoms with Gasteiger partial charge in [-0.1, -0.05) is 21.1 Å². The molecule has 0 aliphatic heterocycles. The molecule has 0 spiro atoms. The minimum atomic E-state index is -0.184. The molecule has 0 unspecified atom stereocenters. The normalized spacial score (nSPS) is 10.7. The Bertz CT molecular complexity index is 971. The largest absolute Gasteiger partial charge is 0.496 e. The second-order valence-electron chi connectivity index (χ2n) is 6.09. The average molecular weight is 462 g/mol. The van der Waals surface area contributed by atoms with Gasteiger partial charge in [-0.25, -0.2) is 4.98 Å². The lowest BCUT2D eigenvalue weighted by Crippen LogP contribution is -2.24. The standard InChI is InChI=1S/C20H20BrN3O3S/c1-12-17(13(2)27-24-12)11-28-20-16(5-4-8-22-20)19(25)23-10-14-9-15(21)6-7-18(14)26-3/h4-9H,10-11H2,1-3H3,(H,23,25). The lowest BCUT2D eigenvalue weighted by atomic mass is 10.2. The smallest absolute Gasteiger partial charge is 0.254 e. The summed E-state index contributed by atoms with van der Waals surface area (Å²) in [5.74, 6) is 1.96. The Balaban J connectivity index is 1.72. The summed E-state index contributed by atoms with van der Waals surface area (Å²) in [4.78, 5) is 17.2. The van der Waals surface area contributed by atoms with Gasteiger partial charge < -0.3 is 14.6 Å². The van der Waals surface area contributed by atoms with Crippen LogP contribution < -0.4 is 10.1 Å². The number of halogens is 1. The van der Waals surface area contributed by atoms with Crippen molar-refractivity contribution in [2.45, 2.75) is 31.2 Å². The summed E-state index contributed by atoms with van der Waals surface area (Å²) in [5, 5.41) is 7.59. The average Bonchev–Trinajstić information content (AvgIpc) is 3.02. The molecule has 0 saturated carbocycles. The van der Waals surface area contributed by atoms with E-state index < -0.39 is 0 Å². The molecule has 3 aromatic rings. The van der Waals surface area contributed by atoms with Gasteiger partial charge in [0, 0.05) is 34.1 Å². The van der Waals surface area contributed by atoms with Crippen molar-refractivity contribution in [2.24, 2.45) is 0 Å². The molecule has 8 heteroatoms. The lowest BCUT2D eigenvalue weighted by molar-refractivity contribution is 0.0947. The Morgan fingerprint density at radius 2 is 2.14 bits per heavy atom. The molecule has 6 nitrogen and oxygen atoms in total. The van der Waals surface area contributed by atoms with E-state index in [2.05, 4.69) is 31.4 Å². The molecule has 2 heterocycles. The van der Waals surface area contributed by atoms with E-state index in [4.69, 9.17) is 9.26 Å². The Kier molecular flexibility index (Phi) is 6.74. The molecular weight excluding hydrogens is 442 g/mol. The number of hydrogen-bond acceptors (Lipinski definition) is 6. The van der Waals surface area contributed by atoms with Crippen LogP contribution in [0.15, 0.2) is 50.6 Å². The number of aryl methyl sites for hydroxylation is 2. The summed E-state index contributed by atoms with van der Waals surface area (Å²) in [6.07, 6.45) is 1.68. The molecule has 0 fully saturated rings. The van der Waals surface area contributed by atoms with Crippen LogP contribution >= 0.6 is 27.7 Å². The van der Waals surface area contributed by atoms with E-state index >= 15 is 0 Å². The molecule has 0 aliphatic carbocycles. The number of thioether (sulfide) groups is 1. The number of rotatable bonds is 7. The molecule has 0 bridgehead atoms. The molecule has 1 aromatic carbocycles. The maximum atomic E-state index is 12.8. The highest BCUT2D eigenvalue weighted by Crippen LogP contribution is 2.27. The third kappa shape index (κ3) is 4.74. The first-order valence-electron chi connectivity index (χ1n) is 8.59. The number of nitrogens with zero attached hydrogens (tertiary/aromatic N) is 2. The summed E-state index contributed by atoms with van der Waals surface area (Å²) in [5.41, 5.74) is 3.31. The first-order chi connectivity index (χ1) is 13.5. The Hall–Kier alpha value is -2.32. The fourth-order valence-corrected chi connectivity index (χ4v) is 4.24. The SMILES string of the molecule is COc1ccc(Br)cc1CNC(=O)c1cccnc1SCc1c(C)noc1C. The molecule has 146 valence electrons. The zero-order valence-corrected chi connectivity index (χ0v) is 18.2. The first kappa shape index (κ1) is 20.4. The molecule has 3 rings (SSSR count). The van der Waals surface area contributed by atoms with Crippen LogP contribution in [0.25, 0.3) is 0 Å². The summed E-state index contributed by atoms with van der Waals surface area (Å²) in [6, 6.07) is 9.22. The number of pyridine rings is 1. The summed E-state index contributed by atoms with van der Waals surface area (Å²) >= 11 is 4.93. The number of carbonyl (C=O) groups excluding carboxylic acids is 1. The maximum absolute atomic E-state index is 12.8. The van der Waals surface area contributed by atoms with Crippen LogP contribution in [0.5, 0.6) is 5.75 Å². The van der Waals surface area contributed by atoms with Crippen LogP contribution in [0.2, 0.25) is 0 Å². The van der Waals surface area contributed by atoms with Gasteiger partial charge in [0.1, 0.15) is 16.5 Å². The number of aromatic nitrogens is 2. The van der Waals surface area contributed by atoms with E-state index in [1.54, 1.807) is 25.4 Å². The summed E-state index contributed by atoms with van der Waals surface area (Å²) in [6.45, 7) is 4.14. The first-order valence-corrected chi connectivity index (χ1v) is 10.4. The van der Waals surface area contributed by atoms with Gasteiger partial charge in [-0.2, -0.15) is 0 Å². The Morgan fingerprint density at radius 3 is 2.86 bits per heavy atom. The van der Waals surface area contributed by atoms with Crippen molar-refractivity contribution in [3.05, 3.63) is 69.1 Å². The van der Waals surface area contributed by atoms with E-state index in [1.165, 1.54) is 11.8 Å². The van der Waals surface area contributed by atoms with Crippen molar-refractivity contribution in [3.8, 4) is 5.75 Å². The van der Waals surface area contributed by atoms with Crippen LogP contribution in [-0.4, -0.2) is 23.2 Å². The highest BCUT2D eigenvalue weighted by molar-refractivity contribution is 9.10. The molecule has 0 aliphatic rings. The number of nitrogens with one attached hydrogen (secondary N) is 1. The van der Waals surface area contributed by atoms with E-state index in [0.717, 1.165) is 32.8 Å². The van der Waals surface area contributed by atoms with Gasteiger partial charge in [0.15, 0.2) is 0 Å². The Labute approximate surface area is 176 Å². The van der Waals surface area contributed by atoms with Gasteiger partial charge in [0.2, 0.25) is 0 Å². The number of carbonyl (C=O) groups is 1. The molecule has 1 N–H and O–H groups in total. The fourth-order valence-electron chi connectivity index (χ4n) is 2.68. The van der Waals surface area contributed by atoms with Gasteiger partial charge in [0.25, 0.3) is 5.91 Å². The number of benzene rings is 1. The number of hydrogen-bond donors (Lipinski definition) is 1. The Morgan fingerprint density at radius 1 is 1.32 bits per heavy atom. The van der Waals surface area contributed by atoms with Crippen LogP contribution in [-0.2, 0) is 12.3 Å². The molecule has 28 heavy (non-hydrogen) atoms. The van der Waals surface area contributed by atoms with Crippen LogP contribution in [0.3, 0.4) is 0 Å². The number of ether oxygens (including phenoxy) is 1. The van der Waals surface area contributed by atoms with Crippen molar-refractivity contribution in [2.75, 3.05) is 7.11 Å². The van der Waals surface area contributed by atoms with Crippen molar-refractivity contribution in [1.29, 1.82) is 0 Å². The zero-order chi connectivity index (χ0) is 20.1. The van der Waals surface area contributed by atoms with E-state index in [9.17, 15) is 4.79 Å². The number of methoxy groups -OCH3 is 1. The topological polar surface area (TPSA) is 77.2 Å².